The van der Waals surface area contributed by atoms with Gasteiger partial charge in [-0.1, -0.05) is 18.2 Å². The number of hydrogen-bond acceptors (Lipinski definition) is 6. The van der Waals surface area contributed by atoms with E-state index in [4.69, 9.17) is 0 Å². The fourth-order valence-corrected chi connectivity index (χ4v) is 2.96. The lowest BCUT2D eigenvalue weighted by atomic mass is 10.1. The summed E-state index contributed by atoms with van der Waals surface area (Å²) in [5.41, 5.74) is 0.141. The van der Waals surface area contributed by atoms with Gasteiger partial charge in [0.05, 0.1) is 0 Å². The highest BCUT2D eigenvalue weighted by Crippen LogP contribution is 2.15. The second-order valence-corrected chi connectivity index (χ2v) is 6.79. The van der Waals surface area contributed by atoms with Gasteiger partial charge in [0, 0.05) is 31.8 Å². The largest absolute Gasteiger partial charge is 0.501 e. The molecule has 30 heavy (non-hydrogen) atoms. The minimum absolute atomic E-state index is 0.0469. The molecule has 154 valence electrons. The lowest BCUT2D eigenvalue weighted by molar-refractivity contribution is 0.0963. The molecule has 0 aliphatic carbocycles. The first-order valence-electron chi connectivity index (χ1n) is 9.37. The number of ketones is 2. The van der Waals surface area contributed by atoms with E-state index in [1.54, 1.807) is 36.5 Å². The van der Waals surface area contributed by atoms with Gasteiger partial charge in [-0.25, -0.2) is 9.37 Å². The molecule has 3 rings (SSSR count). The molecule has 0 saturated heterocycles. The molecule has 0 aliphatic heterocycles. The monoisotopic (exact) mass is 409 g/mol. The molecule has 0 bridgehead atoms. The van der Waals surface area contributed by atoms with Gasteiger partial charge in [0.15, 0.2) is 23.1 Å². The molecule has 8 heteroatoms. The normalized spacial score (nSPS) is 10.7. The average molecular weight is 409 g/mol. The SMILES string of the molecule is Cn1c(C(=O)CCc2ccccn2)nc(C(=O)CCc2ccc(F)cc2)c(O)c1=O. The van der Waals surface area contributed by atoms with E-state index >= 15 is 0 Å². The average Bonchev–Trinajstić information content (AvgIpc) is 2.76. The Hall–Kier alpha value is -3.68. The van der Waals surface area contributed by atoms with Gasteiger partial charge in [-0.3, -0.25) is 23.9 Å². The summed E-state index contributed by atoms with van der Waals surface area (Å²) < 4.78 is 13.9. The fourth-order valence-electron chi connectivity index (χ4n) is 2.96. The van der Waals surface area contributed by atoms with E-state index in [0.29, 0.717) is 12.1 Å². The van der Waals surface area contributed by atoms with Crippen LogP contribution in [0.2, 0.25) is 0 Å². The van der Waals surface area contributed by atoms with Crippen molar-refractivity contribution in [1.82, 2.24) is 14.5 Å². The number of hydrogen-bond donors (Lipinski definition) is 1. The summed E-state index contributed by atoms with van der Waals surface area (Å²) in [6.45, 7) is 0. The van der Waals surface area contributed by atoms with Gasteiger partial charge < -0.3 is 5.11 Å². The Balaban J connectivity index is 1.78. The zero-order chi connectivity index (χ0) is 21.7. The lowest BCUT2D eigenvalue weighted by Gasteiger charge is -2.10. The van der Waals surface area contributed by atoms with Gasteiger partial charge >= 0.3 is 0 Å². The quantitative estimate of drug-likeness (QED) is 0.574. The molecule has 3 aromatic rings. The van der Waals surface area contributed by atoms with Crippen LogP contribution in [0.15, 0.2) is 53.5 Å². The molecule has 7 nitrogen and oxygen atoms in total. The predicted molar refractivity (Wildman–Crippen MR) is 107 cm³/mol. The summed E-state index contributed by atoms with van der Waals surface area (Å²) in [4.78, 5) is 45.6. The maximum Gasteiger partial charge on any atom is 0.296 e. The molecule has 0 unspecified atom stereocenters. The van der Waals surface area contributed by atoms with Gasteiger partial charge in [0.25, 0.3) is 5.56 Å². The fraction of sp³-hybridized carbons (Fsp3) is 0.227. The van der Waals surface area contributed by atoms with Crippen molar-refractivity contribution in [2.45, 2.75) is 25.7 Å². The van der Waals surface area contributed by atoms with Crippen molar-refractivity contribution in [3.05, 3.63) is 87.6 Å². The number of halogens is 1. The zero-order valence-electron chi connectivity index (χ0n) is 16.3. The minimum Gasteiger partial charge on any atom is -0.501 e. The molecule has 0 aliphatic rings. The summed E-state index contributed by atoms with van der Waals surface area (Å²) in [5, 5.41) is 10.1. The van der Waals surface area contributed by atoms with Crippen LogP contribution in [0.25, 0.3) is 0 Å². The van der Waals surface area contributed by atoms with Crippen molar-refractivity contribution >= 4 is 11.6 Å². The molecule has 0 fully saturated rings. The van der Waals surface area contributed by atoms with Crippen LogP contribution >= 0.6 is 0 Å². The Morgan fingerprint density at radius 3 is 2.40 bits per heavy atom. The van der Waals surface area contributed by atoms with Gasteiger partial charge in [0.1, 0.15) is 5.82 Å². The molecule has 0 radical (unpaired) electrons. The standard InChI is InChI=1S/C22H20FN3O4/c1-26-21(18(28)12-10-16-4-2-3-13-24-16)25-19(20(29)22(26)30)17(27)11-7-14-5-8-15(23)9-6-14/h2-6,8-9,13,29H,7,10-12H2,1H3. The second-order valence-electron chi connectivity index (χ2n) is 6.79. The van der Waals surface area contributed by atoms with Crippen LogP contribution in [0.1, 0.15) is 45.2 Å². The van der Waals surface area contributed by atoms with Crippen LogP contribution in [0.5, 0.6) is 5.75 Å². The number of aromatic hydroxyl groups is 1. The highest BCUT2D eigenvalue weighted by molar-refractivity contribution is 5.99. The Morgan fingerprint density at radius 1 is 1.03 bits per heavy atom. The van der Waals surface area contributed by atoms with E-state index in [0.717, 1.165) is 10.1 Å². The number of pyridine rings is 1. The van der Waals surface area contributed by atoms with Crippen molar-refractivity contribution in [3.8, 4) is 5.75 Å². The molecular formula is C22H20FN3O4. The van der Waals surface area contributed by atoms with E-state index < -0.39 is 28.6 Å². The summed E-state index contributed by atoms with van der Waals surface area (Å²) in [6, 6.07) is 11.0. The number of carbonyl (C=O) groups is 2. The third kappa shape index (κ3) is 4.83. The van der Waals surface area contributed by atoms with Crippen molar-refractivity contribution in [2.75, 3.05) is 0 Å². The van der Waals surface area contributed by atoms with Crippen molar-refractivity contribution in [1.29, 1.82) is 0 Å². The number of rotatable bonds is 8. The molecule has 0 spiro atoms. The summed E-state index contributed by atoms with van der Waals surface area (Å²) in [6.07, 6.45) is 2.24. The Morgan fingerprint density at radius 2 is 1.73 bits per heavy atom. The topological polar surface area (TPSA) is 102 Å². The molecule has 2 aromatic heterocycles. The number of nitrogens with zero attached hydrogens (tertiary/aromatic N) is 3. The van der Waals surface area contributed by atoms with E-state index in [-0.39, 0.29) is 30.9 Å². The van der Waals surface area contributed by atoms with Crippen LogP contribution in [-0.2, 0) is 19.9 Å². The van der Waals surface area contributed by atoms with Gasteiger partial charge in [-0.15, -0.1) is 0 Å². The smallest absolute Gasteiger partial charge is 0.296 e. The second kappa shape index (κ2) is 9.21. The van der Waals surface area contributed by atoms with Crippen LogP contribution < -0.4 is 5.56 Å². The predicted octanol–water partition coefficient (Wildman–Crippen LogP) is 2.65. The van der Waals surface area contributed by atoms with Crippen molar-refractivity contribution in [2.24, 2.45) is 7.05 Å². The van der Waals surface area contributed by atoms with Crippen LogP contribution in [-0.4, -0.2) is 31.2 Å². The van der Waals surface area contributed by atoms with Crippen molar-refractivity contribution in [3.63, 3.8) is 0 Å². The number of benzene rings is 1. The summed E-state index contributed by atoms with van der Waals surface area (Å²) >= 11 is 0. The molecule has 2 heterocycles. The van der Waals surface area contributed by atoms with E-state index in [1.165, 1.54) is 19.2 Å². The maximum absolute atomic E-state index is 13.0. The first-order valence-corrected chi connectivity index (χ1v) is 9.37. The van der Waals surface area contributed by atoms with Crippen LogP contribution in [0.4, 0.5) is 4.39 Å². The van der Waals surface area contributed by atoms with Crippen LogP contribution in [0.3, 0.4) is 0 Å². The third-order valence-electron chi connectivity index (χ3n) is 4.67. The molecular weight excluding hydrogens is 389 g/mol. The lowest BCUT2D eigenvalue weighted by Crippen LogP contribution is -2.28. The zero-order valence-corrected chi connectivity index (χ0v) is 16.3. The molecule has 0 amide bonds. The maximum atomic E-state index is 13.0. The van der Waals surface area contributed by atoms with Crippen LogP contribution in [0, 0.1) is 5.82 Å². The van der Waals surface area contributed by atoms with Gasteiger partial charge in [-0.2, -0.15) is 0 Å². The van der Waals surface area contributed by atoms with Gasteiger partial charge in [0.2, 0.25) is 5.75 Å². The first kappa shape index (κ1) is 21.0. The molecule has 0 atom stereocenters. The number of Topliss-reactive ketones (excluding diaryl/α,β-unsaturated/α-hetero) is 2. The summed E-state index contributed by atoms with van der Waals surface area (Å²) in [7, 11) is 1.32. The van der Waals surface area contributed by atoms with E-state index in [2.05, 4.69) is 9.97 Å². The van der Waals surface area contributed by atoms with Gasteiger partial charge in [-0.05, 0) is 42.7 Å². The molecule has 1 aromatic carbocycles. The summed E-state index contributed by atoms with van der Waals surface area (Å²) in [5.74, 6) is -2.38. The van der Waals surface area contributed by atoms with E-state index in [1.807, 2.05) is 0 Å². The van der Waals surface area contributed by atoms with Crippen molar-refractivity contribution < 1.29 is 19.1 Å². The minimum atomic E-state index is -0.865. The Labute approximate surface area is 171 Å². The molecule has 1 N–H and O–H groups in total. The number of aromatic nitrogens is 3. The number of aryl methyl sites for hydroxylation is 2. The molecule has 0 saturated carbocycles. The van der Waals surface area contributed by atoms with E-state index in [9.17, 15) is 23.9 Å². The third-order valence-corrected chi connectivity index (χ3v) is 4.67. The number of carbonyl (C=O) groups excluding carboxylic acids is 2. The first-order chi connectivity index (χ1) is 14.4. The Kier molecular flexibility index (Phi) is 6.46. The Bertz CT molecular complexity index is 1130. The highest BCUT2D eigenvalue weighted by atomic mass is 19.1. The highest BCUT2D eigenvalue weighted by Gasteiger charge is 2.23.